The Morgan fingerprint density at radius 1 is 0.906 bits per heavy atom. The van der Waals surface area contributed by atoms with Crippen LogP contribution in [0.4, 0.5) is 0 Å². The Morgan fingerprint density at radius 2 is 1.47 bits per heavy atom. The number of thiophene rings is 1. The van der Waals surface area contributed by atoms with E-state index >= 15 is 0 Å². The Kier molecular flexibility index (Phi) is 4.63. The molecule has 2 heterocycles. The molecule has 0 bridgehead atoms. The fourth-order valence-electron chi connectivity index (χ4n) is 3.79. The molecule has 1 aliphatic rings. The highest BCUT2D eigenvalue weighted by molar-refractivity contribution is 7.18. The first-order valence-corrected chi connectivity index (χ1v) is 10.6. The number of aliphatic hydroxyl groups is 1. The molecule has 0 fully saturated rings. The van der Waals surface area contributed by atoms with Crippen LogP contribution in [-0.4, -0.2) is 37.9 Å². The zero-order valence-corrected chi connectivity index (χ0v) is 17.5. The summed E-state index contributed by atoms with van der Waals surface area (Å²) < 4.78 is 1.75. The second-order valence-electron chi connectivity index (χ2n) is 7.34. The van der Waals surface area contributed by atoms with E-state index in [0.29, 0.717) is 10.0 Å². The van der Waals surface area contributed by atoms with E-state index in [1.165, 1.54) is 23.5 Å². The summed E-state index contributed by atoms with van der Waals surface area (Å²) in [6.07, 6.45) is 3.55. The highest BCUT2D eigenvalue weighted by atomic mass is 32.1. The first-order valence-electron chi connectivity index (χ1n) is 9.76. The Hall–Kier alpha value is -3.85. The van der Waals surface area contributed by atoms with E-state index in [-0.39, 0.29) is 16.7 Å². The van der Waals surface area contributed by atoms with E-state index < -0.39 is 23.2 Å². The highest BCUT2D eigenvalue weighted by Crippen LogP contribution is 2.37. The Labute approximate surface area is 186 Å². The highest BCUT2D eigenvalue weighted by Gasteiger charge is 2.57. The SMILES string of the molecule is NN(C(=O)c1cc(-c2ccccc2)sc1-n1cccc1)C1(O)C(=O)c2ccccc2C1=O. The van der Waals surface area contributed by atoms with E-state index in [0.717, 1.165) is 10.4 Å². The number of hydrazine groups is 1. The predicted octanol–water partition coefficient (Wildman–Crippen LogP) is 3.29. The van der Waals surface area contributed by atoms with Gasteiger partial charge in [-0.3, -0.25) is 14.4 Å². The summed E-state index contributed by atoms with van der Waals surface area (Å²) in [5, 5.41) is 12.0. The third-order valence-corrected chi connectivity index (χ3v) is 6.65. The number of benzene rings is 2. The second kappa shape index (κ2) is 7.38. The number of hydrogen-bond acceptors (Lipinski definition) is 6. The molecule has 4 aromatic rings. The van der Waals surface area contributed by atoms with Crippen LogP contribution in [0.5, 0.6) is 0 Å². The number of amides is 1. The number of rotatable bonds is 4. The van der Waals surface area contributed by atoms with Gasteiger partial charge in [0.25, 0.3) is 11.6 Å². The number of fused-ring (bicyclic) bond motifs is 1. The quantitative estimate of drug-likeness (QED) is 0.166. The molecule has 158 valence electrons. The number of nitrogens with two attached hydrogens (primary N) is 1. The van der Waals surface area contributed by atoms with E-state index in [1.54, 1.807) is 35.2 Å². The minimum Gasteiger partial charge on any atom is -0.357 e. The lowest BCUT2D eigenvalue weighted by Crippen LogP contribution is -2.62. The number of carbonyl (C=O) groups is 3. The van der Waals surface area contributed by atoms with Crippen LogP contribution in [0.15, 0.2) is 85.2 Å². The van der Waals surface area contributed by atoms with Crippen molar-refractivity contribution >= 4 is 28.8 Å². The van der Waals surface area contributed by atoms with Gasteiger partial charge in [0.2, 0.25) is 11.6 Å². The molecule has 2 aromatic carbocycles. The monoisotopic (exact) mass is 443 g/mol. The molecule has 0 unspecified atom stereocenters. The van der Waals surface area contributed by atoms with Gasteiger partial charge in [0, 0.05) is 28.4 Å². The molecule has 0 aliphatic heterocycles. The van der Waals surface area contributed by atoms with Crippen molar-refractivity contribution in [3.05, 3.63) is 102 Å². The molecule has 1 amide bonds. The second-order valence-corrected chi connectivity index (χ2v) is 8.37. The number of aromatic nitrogens is 1. The first-order chi connectivity index (χ1) is 15.4. The molecule has 5 rings (SSSR count). The fourth-order valence-corrected chi connectivity index (χ4v) is 4.92. The molecule has 0 atom stereocenters. The van der Waals surface area contributed by atoms with Crippen molar-refractivity contribution in [1.82, 2.24) is 9.58 Å². The molecule has 2 aromatic heterocycles. The molecule has 0 radical (unpaired) electrons. The van der Waals surface area contributed by atoms with Crippen LogP contribution in [0.2, 0.25) is 0 Å². The molecular weight excluding hydrogens is 426 g/mol. The molecule has 3 N–H and O–H groups in total. The topological polar surface area (TPSA) is 106 Å². The van der Waals surface area contributed by atoms with Gasteiger partial charge in [-0.05, 0) is 23.8 Å². The first kappa shape index (κ1) is 20.1. The van der Waals surface area contributed by atoms with Crippen molar-refractivity contribution in [1.29, 1.82) is 0 Å². The molecular formula is C24H17N3O4S. The standard InChI is InChI=1S/C24H17N3O4S/c25-27(24(31)20(28)16-10-4-5-11-17(16)21(24)29)22(30)18-14-19(15-8-2-1-3-9-15)32-23(18)26-12-6-7-13-26/h1-14,31H,25H2. The van der Waals surface area contributed by atoms with Gasteiger partial charge in [0.05, 0.1) is 5.56 Å². The average molecular weight is 443 g/mol. The van der Waals surface area contributed by atoms with Gasteiger partial charge in [-0.15, -0.1) is 11.3 Å². The van der Waals surface area contributed by atoms with Crippen molar-refractivity contribution in [2.45, 2.75) is 5.72 Å². The van der Waals surface area contributed by atoms with Crippen molar-refractivity contribution in [2.24, 2.45) is 5.84 Å². The Bertz CT molecular complexity index is 1320. The number of ketones is 2. The summed E-state index contributed by atoms with van der Waals surface area (Å²) in [4.78, 5) is 40.1. The zero-order chi connectivity index (χ0) is 22.5. The van der Waals surface area contributed by atoms with Crippen LogP contribution in [0.1, 0.15) is 31.1 Å². The normalized spacial score (nSPS) is 14.4. The lowest BCUT2D eigenvalue weighted by atomic mass is 10.1. The van der Waals surface area contributed by atoms with E-state index in [2.05, 4.69) is 0 Å². The van der Waals surface area contributed by atoms with Gasteiger partial charge in [0.1, 0.15) is 5.00 Å². The van der Waals surface area contributed by atoms with Gasteiger partial charge >= 0.3 is 0 Å². The number of hydrogen-bond donors (Lipinski definition) is 2. The van der Waals surface area contributed by atoms with Crippen LogP contribution in [0.3, 0.4) is 0 Å². The number of Topliss-reactive ketones (excluding diaryl/α,β-unsaturated/α-hetero) is 2. The number of nitrogens with zero attached hydrogens (tertiary/aromatic N) is 2. The van der Waals surface area contributed by atoms with Gasteiger partial charge in [0.15, 0.2) is 0 Å². The predicted molar refractivity (Wildman–Crippen MR) is 119 cm³/mol. The van der Waals surface area contributed by atoms with E-state index in [9.17, 15) is 19.5 Å². The lowest BCUT2D eigenvalue weighted by molar-refractivity contribution is -0.0388. The third kappa shape index (κ3) is 2.85. The van der Waals surface area contributed by atoms with Crippen molar-refractivity contribution in [2.75, 3.05) is 0 Å². The molecule has 7 nitrogen and oxygen atoms in total. The Morgan fingerprint density at radius 3 is 2.06 bits per heavy atom. The number of carbonyl (C=O) groups excluding carboxylic acids is 3. The summed E-state index contributed by atoms with van der Waals surface area (Å²) >= 11 is 1.35. The molecule has 0 saturated carbocycles. The fraction of sp³-hybridized carbons (Fsp3) is 0.0417. The third-order valence-electron chi connectivity index (χ3n) is 5.46. The van der Waals surface area contributed by atoms with Crippen molar-refractivity contribution in [3.8, 4) is 15.4 Å². The molecule has 0 saturated heterocycles. The average Bonchev–Trinajstić information content (AvgIpc) is 3.55. The van der Waals surface area contributed by atoms with Crippen LogP contribution in [-0.2, 0) is 0 Å². The largest absolute Gasteiger partial charge is 0.357 e. The maximum absolute atomic E-state index is 13.5. The van der Waals surface area contributed by atoms with Gasteiger partial charge in [-0.2, -0.15) is 0 Å². The van der Waals surface area contributed by atoms with Crippen molar-refractivity contribution < 1.29 is 19.5 Å². The van der Waals surface area contributed by atoms with Crippen LogP contribution < -0.4 is 5.84 Å². The molecule has 0 spiro atoms. The van der Waals surface area contributed by atoms with E-state index in [1.807, 2.05) is 42.5 Å². The van der Waals surface area contributed by atoms with Gasteiger partial charge < -0.3 is 9.67 Å². The summed E-state index contributed by atoms with van der Waals surface area (Å²) in [5.74, 6) is 3.32. The van der Waals surface area contributed by atoms with Crippen LogP contribution in [0.25, 0.3) is 15.4 Å². The summed E-state index contributed by atoms with van der Waals surface area (Å²) in [6.45, 7) is 0. The minimum absolute atomic E-state index is 0.0316. The van der Waals surface area contributed by atoms with E-state index in [4.69, 9.17) is 5.84 Å². The molecule has 32 heavy (non-hydrogen) atoms. The summed E-state index contributed by atoms with van der Waals surface area (Å²) in [7, 11) is 0. The van der Waals surface area contributed by atoms with Gasteiger partial charge in [-0.1, -0.05) is 54.6 Å². The minimum atomic E-state index is -2.80. The smallest absolute Gasteiger partial charge is 0.284 e. The van der Waals surface area contributed by atoms with Crippen LogP contribution in [0, 0.1) is 0 Å². The van der Waals surface area contributed by atoms with Gasteiger partial charge in [-0.25, -0.2) is 10.9 Å². The lowest BCUT2D eigenvalue weighted by Gasteiger charge is -2.29. The summed E-state index contributed by atoms with van der Waals surface area (Å²) in [6, 6.07) is 20.8. The molecule has 1 aliphatic carbocycles. The molecule has 8 heteroatoms. The van der Waals surface area contributed by atoms with Crippen LogP contribution >= 0.6 is 11.3 Å². The van der Waals surface area contributed by atoms with Crippen molar-refractivity contribution in [3.63, 3.8) is 0 Å². The Balaban J connectivity index is 1.59. The summed E-state index contributed by atoms with van der Waals surface area (Å²) in [5.41, 5.74) is -1.68. The maximum Gasteiger partial charge on any atom is 0.284 e. The zero-order valence-electron chi connectivity index (χ0n) is 16.6. The maximum atomic E-state index is 13.5.